The molecule has 0 radical (unpaired) electrons. The third-order valence-electron chi connectivity index (χ3n) is 6.31. The number of aromatic nitrogens is 2. The lowest BCUT2D eigenvalue weighted by Crippen LogP contribution is -2.38. The van der Waals surface area contributed by atoms with Crippen molar-refractivity contribution in [3.05, 3.63) is 75.8 Å². The van der Waals surface area contributed by atoms with Gasteiger partial charge in [0.25, 0.3) is 0 Å². The number of hydrogen-bond acceptors (Lipinski definition) is 9. The van der Waals surface area contributed by atoms with E-state index >= 15 is 0 Å². The first-order chi connectivity index (χ1) is 18.3. The Kier molecular flexibility index (Phi) is 9.86. The van der Waals surface area contributed by atoms with Crippen LogP contribution in [0.25, 0.3) is 0 Å². The molecule has 0 saturated carbocycles. The van der Waals surface area contributed by atoms with E-state index in [0.717, 1.165) is 31.6 Å². The topological polar surface area (TPSA) is 131 Å². The number of aliphatic hydroxyl groups is 1. The standard InChI is InChI=1S/C27H31N3O6S2/c1-16-22(15-37-27-30-29-17(2)38-27)35-26(36-25(16)20-7-5-19(14-31)6-8-20)21-9-3-18(4-10-21)13-28-23(32)11-12-24(33)34/h3-10,16,22,25-26,31H,11-15H2,1-2H3,(H,28,32)(H,33,34)/t16-,22+,25+,26+/m1/s1. The normalized spacial score (nSPS) is 21.2. The molecule has 2 aromatic carbocycles. The second-order valence-electron chi connectivity index (χ2n) is 9.13. The van der Waals surface area contributed by atoms with Gasteiger partial charge in [0, 0.05) is 30.2 Å². The maximum Gasteiger partial charge on any atom is 0.303 e. The summed E-state index contributed by atoms with van der Waals surface area (Å²) in [6.07, 6.45) is -1.15. The van der Waals surface area contributed by atoms with Crippen LogP contribution in [0.3, 0.4) is 0 Å². The van der Waals surface area contributed by atoms with E-state index in [2.05, 4.69) is 22.4 Å². The zero-order chi connectivity index (χ0) is 27.1. The van der Waals surface area contributed by atoms with Crippen molar-refractivity contribution in [2.75, 3.05) is 5.75 Å². The van der Waals surface area contributed by atoms with Crippen molar-refractivity contribution in [3.8, 4) is 0 Å². The van der Waals surface area contributed by atoms with Crippen molar-refractivity contribution >= 4 is 35.0 Å². The number of nitrogens with one attached hydrogen (secondary N) is 1. The molecule has 3 aromatic rings. The first-order valence-electron chi connectivity index (χ1n) is 12.3. The summed E-state index contributed by atoms with van der Waals surface area (Å²) >= 11 is 3.18. The molecule has 1 aromatic heterocycles. The van der Waals surface area contributed by atoms with Gasteiger partial charge in [0.2, 0.25) is 5.91 Å². The average Bonchev–Trinajstić information content (AvgIpc) is 3.35. The predicted molar refractivity (Wildman–Crippen MR) is 143 cm³/mol. The average molecular weight is 558 g/mol. The number of amides is 1. The van der Waals surface area contributed by atoms with Gasteiger partial charge in [-0.15, -0.1) is 10.2 Å². The highest BCUT2D eigenvalue weighted by molar-refractivity contribution is 8.01. The molecule has 1 aliphatic rings. The maximum absolute atomic E-state index is 11.8. The Labute approximate surface area is 229 Å². The van der Waals surface area contributed by atoms with Crippen molar-refractivity contribution in [2.45, 2.75) is 62.7 Å². The zero-order valence-corrected chi connectivity index (χ0v) is 22.8. The molecule has 38 heavy (non-hydrogen) atoms. The highest BCUT2D eigenvalue weighted by Gasteiger charge is 2.38. The number of aryl methyl sites for hydroxylation is 1. The van der Waals surface area contributed by atoms with Crippen LogP contribution in [-0.2, 0) is 32.2 Å². The summed E-state index contributed by atoms with van der Waals surface area (Å²) in [5.41, 5.74) is 3.60. The van der Waals surface area contributed by atoms with Crippen LogP contribution < -0.4 is 5.32 Å². The number of carbonyl (C=O) groups excluding carboxylic acids is 1. The lowest BCUT2D eigenvalue weighted by molar-refractivity contribution is -0.268. The number of hydrogen-bond donors (Lipinski definition) is 3. The molecule has 0 spiro atoms. The fourth-order valence-electron chi connectivity index (χ4n) is 4.10. The Bertz CT molecular complexity index is 1220. The maximum atomic E-state index is 11.8. The monoisotopic (exact) mass is 557 g/mol. The predicted octanol–water partition coefficient (Wildman–Crippen LogP) is 4.40. The Balaban J connectivity index is 1.46. The molecule has 1 fully saturated rings. The van der Waals surface area contributed by atoms with E-state index in [0.29, 0.717) is 12.3 Å². The number of aliphatic hydroxyl groups excluding tert-OH is 1. The number of aliphatic carboxylic acids is 1. The number of carboxylic acids is 1. The minimum atomic E-state index is -0.996. The van der Waals surface area contributed by atoms with Gasteiger partial charge in [-0.1, -0.05) is 78.6 Å². The molecule has 0 aliphatic carbocycles. The van der Waals surface area contributed by atoms with Gasteiger partial charge < -0.3 is 25.0 Å². The van der Waals surface area contributed by atoms with E-state index in [1.165, 1.54) is 0 Å². The molecule has 0 bridgehead atoms. The summed E-state index contributed by atoms with van der Waals surface area (Å²) in [7, 11) is 0. The molecule has 9 nitrogen and oxygen atoms in total. The lowest BCUT2D eigenvalue weighted by Gasteiger charge is -2.41. The van der Waals surface area contributed by atoms with E-state index in [1.807, 2.05) is 55.5 Å². The van der Waals surface area contributed by atoms with Crippen molar-refractivity contribution in [1.82, 2.24) is 15.5 Å². The second-order valence-corrected chi connectivity index (χ2v) is 11.6. The molecule has 1 amide bonds. The second kappa shape index (κ2) is 13.3. The van der Waals surface area contributed by atoms with Crippen molar-refractivity contribution < 1.29 is 29.3 Å². The molecule has 1 saturated heterocycles. The summed E-state index contributed by atoms with van der Waals surface area (Å²) in [5.74, 6) is -0.538. The lowest BCUT2D eigenvalue weighted by atomic mass is 9.91. The van der Waals surface area contributed by atoms with Crippen LogP contribution in [0, 0.1) is 12.8 Å². The molecule has 1 aliphatic heterocycles. The quantitative estimate of drug-likeness (QED) is 0.294. The van der Waals surface area contributed by atoms with Crippen molar-refractivity contribution in [2.24, 2.45) is 5.92 Å². The van der Waals surface area contributed by atoms with Crippen molar-refractivity contribution in [3.63, 3.8) is 0 Å². The number of nitrogens with zero attached hydrogens (tertiary/aromatic N) is 2. The van der Waals surface area contributed by atoms with Crippen LogP contribution in [0.5, 0.6) is 0 Å². The molecule has 202 valence electrons. The van der Waals surface area contributed by atoms with Crippen LogP contribution in [-0.4, -0.2) is 44.1 Å². The molecule has 3 N–H and O–H groups in total. The summed E-state index contributed by atoms with van der Waals surface area (Å²) < 4.78 is 13.8. The van der Waals surface area contributed by atoms with Gasteiger partial charge >= 0.3 is 5.97 Å². The number of ether oxygens (including phenoxy) is 2. The summed E-state index contributed by atoms with van der Waals surface area (Å²) in [4.78, 5) is 22.5. The summed E-state index contributed by atoms with van der Waals surface area (Å²) in [6.45, 7) is 4.35. The van der Waals surface area contributed by atoms with Crippen LogP contribution >= 0.6 is 23.1 Å². The zero-order valence-electron chi connectivity index (χ0n) is 21.2. The Morgan fingerprint density at radius 3 is 2.32 bits per heavy atom. The molecule has 4 atom stereocenters. The van der Waals surface area contributed by atoms with E-state index in [4.69, 9.17) is 14.6 Å². The Morgan fingerprint density at radius 2 is 1.68 bits per heavy atom. The van der Waals surface area contributed by atoms with Gasteiger partial charge in [-0.2, -0.15) is 0 Å². The minimum absolute atomic E-state index is 0.0139. The molecule has 4 rings (SSSR count). The molecular weight excluding hydrogens is 526 g/mol. The Hall–Kier alpha value is -2.83. The Morgan fingerprint density at radius 1 is 1.00 bits per heavy atom. The third-order valence-corrected chi connectivity index (χ3v) is 8.37. The largest absolute Gasteiger partial charge is 0.481 e. The number of thioether (sulfide) groups is 1. The van der Waals surface area contributed by atoms with Crippen LogP contribution in [0.15, 0.2) is 52.9 Å². The highest BCUT2D eigenvalue weighted by atomic mass is 32.2. The summed E-state index contributed by atoms with van der Waals surface area (Å²) in [6, 6.07) is 15.4. The van der Waals surface area contributed by atoms with Crippen molar-refractivity contribution in [1.29, 1.82) is 0 Å². The smallest absolute Gasteiger partial charge is 0.303 e. The molecule has 0 unspecified atom stereocenters. The number of carbonyl (C=O) groups is 2. The van der Waals surface area contributed by atoms with Gasteiger partial charge in [0.05, 0.1) is 25.2 Å². The minimum Gasteiger partial charge on any atom is -0.481 e. The van der Waals surface area contributed by atoms with Gasteiger partial charge in [0.1, 0.15) is 5.01 Å². The van der Waals surface area contributed by atoms with Gasteiger partial charge in [-0.05, 0) is 23.6 Å². The van der Waals surface area contributed by atoms with Crippen LogP contribution in [0.2, 0.25) is 0 Å². The van der Waals surface area contributed by atoms with Gasteiger partial charge in [-0.3, -0.25) is 9.59 Å². The number of benzene rings is 2. The third kappa shape index (κ3) is 7.61. The van der Waals surface area contributed by atoms with E-state index < -0.39 is 12.3 Å². The van der Waals surface area contributed by atoms with Gasteiger partial charge in [0.15, 0.2) is 10.6 Å². The van der Waals surface area contributed by atoms with E-state index in [9.17, 15) is 14.7 Å². The highest BCUT2D eigenvalue weighted by Crippen LogP contribution is 2.43. The number of rotatable bonds is 11. The molecule has 2 heterocycles. The first kappa shape index (κ1) is 28.2. The summed E-state index contributed by atoms with van der Waals surface area (Å²) in [5, 5.41) is 30.1. The SMILES string of the molecule is Cc1nnc(SC[C@@H]2O[C@H](c3ccc(CNC(=O)CCC(=O)O)cc3)O[C@H](c3ccc(CO)cc3)[C@@H]2C)s1. The van der Waals surface area contributed by atoms with Crippen LogP contribution in [0.1, 0.15) is 59.4 Å². The van der Waals surface area contributed by atoms with Gasteiger partial charge in [-0.25, -0.2) is 0 Å². The van der Waals surface area contributed by atoms with E-state index in [1.54, 1.807) is 23.1 Å². The molecular formula is C27H31N3O6S2. The fraction of sp³-hybridized carbons (Fsp3) is 0.407. The van der Waals surface area contributed by atoms with Crippen LogP contribution in [0.4, 0.5) is 0 Å². The van der Waals surface area contributed by atoms with E-state index in [-0.39, 0.29) is 43.5 Å². The first-order valence-corrected chi connectivity index (χ1v) is 14.1. The molecule has 11 heteroatoms. The number of carboxylic acid groups (broad SMARTS) is 1. The fourth-order valence-corrected chi connectivity index (χ4v) is 6.11.